The van der Waals surface area contributed by atoms with Crippen molar-refractivity contribution in [2.24, 2.45) is 5.73 Å². The van der Waals surface area contributed by atoms with Crippen molar-refractivity contribution in [3.63, 3.8) is 0 Å². The molecule has 1 unspecified atom stereocenters. The number of hydrogen-bond donors (Lipinski definition) is 2. The first-order valence-electron chi connectivity index (χ1n) is 7.59. The number of piperidine rings is 1. The van der Waals surface area contributed by atoms with Gasteiger partial charge in [-0.3, -0.25) is 14.6 Å². The van der Waals surface area contributed by atoms with Gasteiger partial charge in [0, 0.05) is 25.2 Å². The van der Waals surface area contributed by atoms with Crippen LogP contribution in [-0.2, 0) is 4.79 Å². The highest BCUT2D eigenvalue weighted by Gasteiger charge is 2.45. The van der Waals surface area contributed by atoms with E-state index in [2.05, 4.69) is 23.6 Å². The maximum absolute atomic E-state index is 11.1. The summed E-state index contributed by atoms with van der Waals surface area (Å²) in [7, 11) is 0. The van der Waals surface area contributed by atoms with Crippen molar-refractivity contribution in [1.29, 1.82) is 0 Å². The summed E-state index contributed by atoms with van der Waals surface area (Å²) in [6, 6.07) is 0.972. The first kappa shape index (κ1) is 15.7. The maximum atomic E-state index is 11.1. The lowest BCUT2D eigenvalue weighted by atomic mass is 10.0. The van der Waals surface area contributed by atoms with Crippen molar-refractivity contribution < 1.29 is 9.90 Å². The quantitative estimate of drug-likeness (QED) is 0.737. The number of aliphatic hydroxyl groups is 1. The molecule has 0 bridgehead atoms. The SMILES string of the molecule is CC(C)N1CCC(N2CCN(CC(N)=O)C2(C)O)CC1. The molecule has 0 radical (unpaired) electrons. The predicted octanol–water partition coefficient (Wildman–Crippen LogP) is -0.372. The molecule has 2 fully saturated rings. The lowest BCUT2D eigenvalue weighted by Crippen LogP contribution is -2.58. The van der Waals surface area contributed by atoms with E-state index in [1.807, 2.05) is 0 Å². The molecule has 0 aliphatic carbocycles. The summed E-state index contributed by atoms with van der Waals surface area (Å²) in [5, 5.41) is 10.7. The fourth-order valence-corrected chi connectivity index (χ4v) is 3.49. The molecule has 2 aliphatic heterocycles. The average molecular weight is 284 g/mol. The van der Waals surface area contributed by atoms with Crippen molar-refractivity contribution in [2.75, 3.05) is 32.7 Å². The minimum atomic E-state index is -1.06. The van der Waals surface area contributed by atoms with Gasteiger partial charge in [-0.05, 0) is 46.7 Å². The fraction of sp³-hybridized carbons (Fsp3) is 0.929. The van der Waals surface area contributed by atoms with Gasteiger partial charge >= 0.3 is 0 Å². The Morgan fingerprint density at radius 3 is 2.40 bits per heavy atom. The molecule has 0 aromatic carbocycles. The Morgan fingerprint density at radius 2 is 1.90 bits per heavy atom. The summed E-state index contributed by atoms with van der Waals surface area (Å²) < 4.78 is 0. The molecule has 3 N–H and O–H groups in total. The minimum Gasteiger partial charge on any atom is -0.369 e. The van der Waals surface area contributed by atoms with Gasteiger partial charge in [-0.15, -0.1) is 0 Å². The number of carbonyl (C=O) groups excluding carboxylic acids is 1. The molecule has 0 spiro atoms. The monoisotopic (exact) mass is 284 g/mol. The predicted molar refractivity (Wildman–Crippen MR) is 77.8 cm³/mol. The van der Waals surface area contributed by atoms with Crippen LogP contribution in [0.2, 0.25) is 0 Å². The minimum absolute atomic E-state index is 0.119. The lowest BCUT2D eigenvalue weighted by molar-refractivity contribution is -0.178. The molecule has 1 amide bonds. The van der Waals surface area contributed by atoms with Gasteiger partial charge in [0.05, 0.1) is 6.54 Å². The molecule has 2 heterocycles. The highest BCUT2D eigenvalue weighted by Crippen LogP contribution is 2.30. The Bertz CT molecular complexity index is 351. The molecule has 0 saturated carbocycles. The second kappa shape index (κ2) is 5.97. The van der Waals surface area contributed by atoms with Crippen molar-refractivity contribution in [3.05, 3.63) is 0 Å². The zero-order valence-corrected chi connectivity index (χ0v) is 12.9. The van der Waals surface area contributed by atoms with Gasteiger partial charge in [-0.1, -0.05) is 0 Å². The normalized spacial score (nSPS) is 31.2. The second-order valence-electron chi connectivity index (χ2n) is 6.41. The second-order valence-corrected chi connectivity index (χ2v) is 6.41. The third kappa shape index (κ3) is 3.14. The van der Waals surface area contributed by atoms with Crippen LogP contribution in [0.5, 0.6) is 0 Å². The Morgan fingerprint density at radius 1 is 1.30 bits per heavy atom. The smallest absolute Gasteiger partial charge is 0.231 e. The third-order valence-electron chi connectivity index (χ3n) is 4.77. The zero-order chi connectivity index (χ0) is 14.9. The standard InChI is InChI=1S/C14H28N4O2/c1-11(2)16-6-4-12(5-7-16)18-9-8-17(10-13(15)19)14(18,3)20/h11-12,20H,4-10H2,1-3H3,(H2,15,19). The summed E-state index contributed by atoms with van der Waals surface area (Å²) in [6.45, 7) is 9.98. The first-order valence-corrected chi connectivity index (χ1v) is 7.59. The van der Waals surface area contributed by atoms with Gasteiger partial charge in [0.25, 0.3) is 0 Å². The van der Waals surface area contributed by atoms with Crippen molar-refractivity contribution in [2.45, 2.75) is 51.5 Å². The Balaban J connectivity index is 1.95. The summed E-state index contributed by atoms with van der Waals surface area (Å²) in [6.07, 6.45) is 2.14. The summed E-state index contributed by atoms with van der Waals surface area (Å²) >= 11 is 0. The van der Waals surface area contributed by atoms with Gasteiger partial charge in [0.15, 0.2) is 5.85 Å². The topological polar surface area (TPSA) is 73.0 Å². The van der Waals surface area contributed by atoms with Crippen molar-refractivity contribution in [1.82, 2.24) is 14.7 Å². The first-order chi connectivity index (χ1) is 9.32. The molecule has 1 atom stereocenters. The molecule has 6 heteroatoms. The fourth-order valence-electron chi connectivity index (χ4n) is 3.49. The number of likely N-dealkylation sites (tertiary alicyclic amines) is 1. The number of nitrogens with two attached hydrogens (primary N) is 1. The Labute approximate surface area is 121 Å². The summed E-state index contributed by atoms with van der Waals surface area (Å²) in [5.41, 5.74) is 5.25. The molecule has 2 saturated heterocycles. The highest BCUT2D eigenvalue weighted by molar-refractivity contribution is 5.76. The zero-order valence-electron chi connectivity index (χ0n) is 12.9. The van der Waals surface area contributed by atoms with Gasteiger partial charge in [-0.2, -0.15) is 0 Å². The van der Waals surface area contributed by atoms with Crippen LogP contribution in [0.3, 0.4) is 0 Å². The maximum Gasteiger partial charge on any atom is 0.231 e. The number of primary amides is 1. The van der Waals surface area contributed by atoms with Crippen LogP contribution < -0.4 is 5.73 Å². The van der Waals surface area contributed by atoms with E-state index in [0.29, 0.717) is 18.6 Å². The number of nitrogens with zero attached hydrogens (tertiary/aromatic N) is 3. The van der Waals surface area contributed by atoms with Crippen molar-refractivity contribution >= 4 is 5.91 Å². The van der Waals surface area contributed by atoms with Crippen LogP contribution in [0.1, 0.15) is 33.6 Å². The molecular formula is C14H28N4O2. The van der Waals surface area contributed by atoms with Gasteiger partial charge in [0.1, 0.15) is 0 Å². The molecule has 2 aliphatic rings. The number of carbonyl (C=O) groups is 1. The largest absolute Gasteiger partial charge is 0.369 e. The lowest BCUT2D eigenvalue weighted by Gasteiger charge is -2.44. The molecule has 0 aromatic heterocycles. The molecular weight excluding hydrogens is 256 g/mol. The van der Waals surface area contributed by atoms with Crippen LogP contribution in [0.15, 0.2) is 0 Å². The van der Waals surface area contributed by atoms with Gasteiger partial charge < -0.3 is 15.7 Å². The van der Waals surface area contributed by atoms with E-state index in [4.69, 9.17) is 5.73 Å². The molecule has 6 nitrogen and oxygen atoms in total. The van der Waals surface area contributed by atoms with Crippen LogP contribution in [0, 0.1) is 0 Å². The highest BCUT2D eigenvalue weighted by atomic mass is 16.3. The van der Waals surface area contributed by atoms with E-state index in [9.17, 15) is 9.90 Å². The van der Waals surface area contributed by atoms with Crippen LogP contribution in [-0.4, -0.2) is 76.4 Å². The molecule has 2 rings (SSSR count). The molecule has 20 heavy (non-hydrogen) atoms. The number of hydrogen-bond acceptors (Lipinski definition) is 5. The third-order valence-corrected chi connectivity index (χ3v) is 4.77. The Kier molecular flexibility index (Phi) is 4.69. The summed E-state index contributed by atoms with van der Waals surface area (Å²) in [5.74, 6) is -1.44. The average Bonchev–Trinajstić information content (AvgIpc) is 2.64. The van der Waals surface area contributed by atoms with E-state index in [0.717, 1.165) is 32.5 Å². The van der Waals surface area contributed by atoms with Gasteiger partial charge in [-0.25, -0.2) is 0 Å². The molecule has 116 valence electrons. The van der Waals surface area contributed by atoms with Crippen LogP contribution >= 0.6 is 0 Å². The van der Waals surface area contributed by atoms with E-state index >= 15 is 0 Å². The summed E-state index contributed by atoms with van der Waals surface area (Å²) in [4.78, 5) is 17.5. The van der Waals surface area contributed by atoms with E-state index in [1.54, 1.807) is 11.8 Å². The van der Waals surface area contributed by atoms with E-state index < -0.39 is 5.85 Å². The van der Waals surface area contributed by atoms with Gasteiger partial charge in [0.2, 0.25) is 5.91 Å². The number of amides is 1. The molecule has 0 aromatic rings. The number of rotatable bonds is 4. The van der Waals surface area contributed by atoms with Crippen LogP contribution in [0.25, 0.3) is 0 Å². The van der Waals surface area contributed by atoms with E-state index in [1.165, 1.54) is 0 Å². The van der Waals surface area contributed by atoms with Crippen LogP contribution in [0.4, 0.5) is 0 Å². The van der Waals surface area contributed by atoms with Crippen molar-refractivity contribution in [3.8, 4) is 0 Å². The Hall–Kier alpha value is -0.690. The van der Waals surface area contributed by atoms with E-state index in [-0.39, 0.29) is 12.5 Å².